The topological polar surface area (TPSA) is 55.1 Å². The summed E-state index contributed by atoms with van der Waals surface area (Å²) in [5.74, 6) is 2.18. The van der Waals surface area contributed by atoms with Gasteiger partial charge in [0.2, 0.25) is 0 Å². The molecule has 0 radical (unpaired) electrons. The molecule has 0 bridgehead atoms. The number of benzene rings is 2. The molecule has 0 aliphatic carbocycles. The van der Waals surface area contributed by atoms with E-state index in [1.165, 1.54) is 6.07 Å². The molecule has 0 saturated carbocycles. The highest BCUT2D eigenvalue weighted by molar-refractivity contribution is 6.34. The van der Waals surface area contributed by atoms with Crippen molar-refractivity contribution in [2.75, 3.05) is 11.1 Å². The van der Waals surface area contributed by atoms with Crippen LogP contribution in [0.1, 0.15) is 15.9 Å². The number of nitrogens with two attached hydrogens (primary N) is 1. The maximum Gasteiger partial charge on any atom is 0.257 e. The van der Waals surface area contributed by atoms with Gasteiger partial charge in [0.25, 0.3) is 5.91 Å². The van der Waals surface area contributed by atoms with Crippen molar-refractivity contribution in [2.24, 2.45) is 0 Å². The highest BCUT2D eigenvalue weighted by Crippen LogP contribution is 2.20. The van der Waals surface area contributed by atoms with Gasteiger partial charge in [0.1, 0.15) is 0 Å². The van der Waals surface area contributed by atoms with Crippen LogP contribution >= 0.6 is 11.6 Å². The van der Waals surface area contributed by atoms with Gasteiger partial charge in [0, 0.05) is 16.9 Å². The number of amides is 1. The second-order valence-corrected chi connectivity index (χ2v) is 4.33. The van der Waals surface area contributed by atoms with Gasteiger partial charge in [0.05, 0.1) is 10.6 Å². The molecule has 0 unspecified atom stereocenters. The van der Waals surface area contributed by atoms with Crippen molar-refractivity contribution in [3.8, 4) is 12.3 Å². The number of anilines is 2. The molecule has 4 heteroatoms. The Kier molecular flexibility index (Phi) is 3.74. The highest BCUT2D eigenvalue weighted by Gasteiger charge is 2.11. The van der Waals surface area contributed by atoms with Crippen LogP contribution in [0.25, 0.3) is 0 Å². The first-order valence-electron chi connectivity index (χ1n) is 5.53. The Bertz CT molecular complexity index is 674. The van der Waals surface area contributed by atoms with Crippen molar-refractivity contribution < 1.29 is 4.79 Å². The van der Waals surface area contributed by atoms with Gasteiger partial charge in [-0.1, -0.05) is 23.6 Å². The van der Waals surface area contributed by atoms with Crippen molar-refractivity contribution in [1.82, 2.24) is 0 Å². The summed E-state index contributed by atoms with van der Waals surface area (Å²) in [6, 6.07) is 11.8. The van der Waals surface area contributed by atoms with Crippen LogP contribution in [0.3, 0.4) is 0 Å². The Hall–Kier alpha value is -2.44. The normalized spacial score (nSPS) is 9.68. The van der Waals surface area contributed by atoms with Crippen molar-refractivity contribution in [2.45, 2.75) is 0 Å². The molecule has 0 atom stereocenters. The molecule has 3 nitrogen and oxygen atoms in total. The smallest absolute Gasteiger partial charge is 0.257 e. The number of nitrogens with one attached hydrogen (secondary N) is 1. The first-order chi connectivity index (χ1) is 9.10. The Morgan fingerprint density at radius 1 is 1.26 bits per heavy atom. The number of rotatable bonds is 2. The molecule has 0 aromatic heterocycles. The number of hydrogen-bond donors (Lipinski definition) is 2. The fraction of sp³-hybridized carbons (Fsp3) is 0. The molecule has 94 valence electrons. The zero-order chi connectivity index (χ0) is 13.8. The second kappa shape index (κ2) is 5.47. The SMILES string of the molecule is C#Cc1cccc(NC(=O)c2cc(N)ccc2Cl)c1. The molecule has 0 heterocycles. The van der Waals surface area contributed by atoms with E-state index in [2.05, 4.69) is 11.2 Å². The molecular formula is C15H11ClN2O. The molecule has 0 aliphatic rings. The van der Waals surface area contributed by atoms with Gasteiger partial charge in [-0.25, -0.2) is 0 Å². The van der Waals surface area contributed by atoms with Crippen molar-refractivity contribution in [3.05, 3.63) is 58.6 Å². The van der Waals surface area contributed by atoms with Crippen LogP contribution in [0.2, 0.25) is 5.02 Å². The van der Waals surface area contributed by atoms with Crippen molar-refractivity contribution in [1.29, 1.82) is 0 Å². The standard InChI is InChI=1S/C15H11ClN2O/c1-2-10-4-3-5-12(8-10)18-15(19)13-9-11(17)6-7-14(13)16/h1,3-9H,17H2,(H,18,19). The molecule has 19 heavy (non-hydrogen) atoms. The van der Waals surface area contributed by atoms with E-state index in [1.54, 1.807) is 36.4 Å². The van der Waals surface area contributed by atoms with E-state index in [4.69, 9.17) is 23.8 Å². The van der Waals surface area contributed by atoms with Crippen LogP contribution in [0.5, 0.6) is 0 Å². The summed E-state index contributed by atoms with van der Waals surface area (Å²) in [5, 5.41) is 3.07. The van der Waals surface area contributed by atoms with Gasteiger partial charge in [-0.2, -0.15) is 0 Å². The highest BCUT2D eigenvalue weighted by atomic mass is 35.5. The summed E-state index contributed by atoms with van der Waals surface area (Å²) in [7, 11) is 0. The molecular weight excluding hydrogens is 260 g/mol. The van der Waals surface area contributed by atoms with Crippen LogP contribution in [0, 0.1) is 12.3 Å². The Morgan fingerprint density at radius 2 is 2.05 bits per heavy atom. The van der Waals surface area contributed by atoms with E-state index >= 15 is 0 Å². The van der Waals surface area contributed by atoms with Gasteiger partial charge >= 0.3 is 0 Å². The van der Waals surface area contributed by atoms with E-state index in [1.807, 2.05) is 0 Å². The average molecular weight is 271 g/mol. The summed E-state index contributed by atoms with van der Waals surface area (Å²) in [4.78, 5) is 12.1. The third-order valence-corrected chi connectivity index (χ3v) is 2.85. The lowest BCUT2D eigenvalue weighted by atomic mass is 10.1. The number of halogens is 1. The van der Waals surface area contributed by atoms with Gasteiger partial charge in [0.15, 0.2) is 0 Å². The maximum absolute atomic E-state index is 12.1. The van der Waals surface area contributed by atoms with Gasteiger partial charge in [-0.3, -0.25) is 4.79 Å². The fourth-order valence-corrected chi connectivity index (χ4v) is 1.81. The summed E-state index contributed by atoms with van der Waals surface area (Å²) < 4.78 is 0. The number of nitrogen functional groups attached to an aromatic ring is 1. The molecule has 0 fully saturated rings. The van der Waals surface area contributed by atoms with Gasteiger partial charge < -0.3 is 11.1 Å². The minimum absolute atomic E-state index is 0.327. The second-order valence-electron chi connectivity index (χ2n) is 3.92. The number of terminal acetylenes is 1. The van der Waals surface area contributed by atoms with E-state index in [0.29, 0.717) is 27.5 Å². The molecule has 2 aromatic rings. The minimum atomic E-state index is -0.327. The van der Waals surface area contributed by atoms with Crippen molar-refractivity contribution >= 4 is 28.9 Å². The number of carbonyl (C=O) groups is 1. The summed E-state index contributed by atoms with van der Waals surface area (Å²) in [6.07, 6.45) is 5.30. The predicted molar refractivity (Wildman–Crippen MR) is 78.2 cm³/mol. The van der Waals surface area contributed by atoms with E-state index in [0.717, 1.165) is 0 Å². The van der Waals surface area contributed by atoms with Crippen LogP contribution in [-0.2, 0) is 0 Å². The Labute approximate surface area is 116 Å². The third-order valence-electron chi connectivity index (χ3n) is 2.52. The molecule has 0 spiro atoms. The van der Waals surface area contributed by atoms with Crippen LogP contribution in [0.4, 0.5) is 11.4 Å². The molecule has 0 saturated heterocycles. The first kappa shape index (κ1) is 13.0. The van der Waals surface area contributed by atoms with E-state index in [9.17, 15) is 4.79 Å². The van der Waals surface area contributed by atoms with E-state index < -0.39 is 0 Å². The minimum Gasteiger partial charge on any atom is -0.399 e. The largest absolute Gasteiger partial charge is 0.399 e. The van der Waals surface area contributed by atoms with Crippen LogP contribution < -0.4 is 11.1 Å². The Morgan fingerprint density at radius 3 is 2.79 bits per heavy atom. The lowest BCUT2D eigenvalue weighted by Gasteiger charge is -2.08. The molecule has 0 aliphatic heterocycles. The van der Waals surface area contributed by atoms with Crippen molar-refractivity contribution in [3.63, 3.8) is 0 Å². The lowest BCUT2D eigenvalue weighted by molar-refractivity contribution is 0.102. The fourth-order valence-electron chi connectivity index (χ4n) is 1.60. The third kappa shape index (κ3) is 3.06. The quantitative estimate of drug-likeness (QED) is 0.651. The average Bonchev–Trinajstić information content (AvgIpc) is 2.41. The molecule has 2 aromatic carbocycles. The predicted octanol–water partition coefficient (Wildman–Crippen LogP) is 3.16. The molecule has 2 rings (SSSR count). The number of hydrogen-bond acceptors (Lipinski definition) is 2. The summed E-state index contributed by atoms with van der Waals surface area (Å²) in [5.41, 5.74) is 7.75. The monoisotopic (exact) mass is 270 g/mol. The lowest BCUT2D eigenvalue weighted by Crippen LogP contribution is -2.12. The van der Waals surface area contributed by atoms with Crippen LogP contribution in [0.15, 0.2) is 42.5 Å². The maximum atomic E-state index is 12.1. The summed E-state index contributed by atoms with van der Waals surface area (Å²) in [6.45, 7) is 0. The zero-order valence-electron chi connectivity index (χ0n) is 9.98. The van der Waals surface area contributed by atoms with Gasteiger partial charge in [-0.15, -0.1) is 6.42 Å². The van der Waals surface area contributed by atoms with Gasteiger partial charge in [-0.05, 0) is 36.4 Å². The number of carbonyl (C=O) groups excluding carboxylic acids is 1. The van der Waals surface area contributed by atoms with E-state index in [-0.39, 0.29) is 5.91 Å². The first-order valence-corrected chi connectivity index (χ1v) is 5.91. The molecule has 3 N–H and O–H groups in total. The molecule has 1 amide bonds. The Balaban J connectivity index is 2.26. The van der Waals surface area contributed by atoms with Crippen LogP contribution in [-0.4, -0.2) is 5.91 Å². The zero-order valence-corrected chi connectivity index (χ0v) is 10.7. The summed E-state index contributed by atoms with van der Waals surface area (Å²) >= 11 is 5.97.